The lowest BCUT2D eigenvalue weighted by Gasteiger charge is -2.40. The van der Waals surface area contributed by atoms with E-state index in [-0.39, 0.29) is 17.9 Å². The molecule has 0 bridgehead atoms. The zero-order chi connectivity index (χ0) is 30.8. The fraction of sp³-hybridized carbons (Fsp3) is 0.303. The molecule has 44 heavy (non-hydrogen) atoms. The molecule has 0 radical (unpaired) electrons. The molecule has 2 amide bonds. The summed E-state index contributed by atoms with van der Waals surface area (Å²) in [5, 5.41) is 11.4. The standard InChI is InChI=1S/C33H32Cl2N6O2S/c1-21-8-3-4-9-23(21)20-41-28-11-6-5-10-26(28)30-31(41)36-33(38-37-30)44-17-7-12-29(42)39-15-16-40(22(2)19-39)32(43)25-14-13-24(34)18-27(25)35/h3-6,8-11,13-14,18,22H,7,12,15-17,19-20H2,1-2H3. The van der Waals surface area contributed by atoms with Crippen LogP contribution in [0.2, 0.25) is 10.0 Å². The largest absolute Gasteiger partial charge is 0.339 e. The minimum absolute atomic E-state index is 0.0851. The van der Waals surface area contributed by atoms with Crippen molar-refractivity contribution in [3.8, 4) is 0 Å². The Kier molecular flexibility index (Phi) is 9.07. The third-order valence-electron chi connectivity index (χ3n) is 8.11. The van der Waals surface area contributed by atoms with Crippen molar-refractivity contribution >= 4 is 68.8 Å². The molecule has 8 nitrogen and oxygen atoms in total. The Balaban J connectivity index is 1.06. The van der Waals surface area contributed by atoms with Crippen LogP contribution < -0.4 is 0 Å². The van der Waals surface area contributed by atoms with E-state index in [1.807, 2.05) is 24.0 Å². The molecule has 0 spiro atoms. The number of hydrogen-bond donors (Lipinski definition) is 0. The van der Waals surface area contributed by atoms with Crippen molar-refractivity contribution in [3.05, 3.63) is 93.5 Å². The van der Waals surface area contributed by atoms with E-state index in [0.29, 0.717) is 65.5 Å². The van der Waals surface area contributed by atoms with Gasteiger partial charge in [0, 0.05) is 54.8 Å². The van der Waals surface area contributed by atoms with Gasteiger partial charge in [-0.05, 0) is 55.7 Å². The Morgan fingerprint density at radius 1 is 1.00 bits per heavy atom. The lowest BCUT2D eigenvalue weighted by atomic mass is 10.1. The van der Waals surface area contributed by atoms with Crippen LogP contribution in [0.1, 0.15) is 41.3 Å². The van der Waals surface area contributed by atoms with E-state index in [9.17, 15) is 9.59 Å². The highest BCUT2D eigenvalue weighted by Gasteiger charge is 2.31. The molecule has 0 N–H and O–H groups in total. The Morgan fingerprint density at radius 3 is 2.59 bits per heavy atom. The lowest BCUT2D eigenvalue weighted by molar-refractivity contribution is -0.133. The molecule has 1 aliphatic rings. The van der Waals surface area contributed by atoms with E-state index in [1.54, 1.807) is 23.1 Å². The van der Waals surface area contributed by atoms with Gasteiger partial charge in [0.25, 0.3) is 5.91 Å². The van der Waals surface area contributed by atoms with E-state index < -0.39 is 0 Å². The molecule has 1 aliphatic heterocycles. The van der Waals surface area contributed by atoms with Crippen LogP contribution in [0.25, 0.3) is 22.1 Å². The maximum absolute atomic E-state index is 13.1. The van der Waals surface area contributed by atoms with Crippen LogP contribution in [0.4, 0.5) is 0 Å². The summed E-state index contributed by atoms with van der Waals surface area (Å²) in [6, 6.07) is 21.3. The number of carbonyl (C=O) groups excluding carboxylic acids is 2. The van der Waals surface area contributed by atoms with Crippen molar-refractivity contribution in [1.29, 1.82) is 0 Å². The smallest absolute Gasteiger partial charge is 0.255 e. The lowest BCUT2D eigenvalue weighted by Crippen LogP contribution is -2.55. The van der Waals surface area contributed by atoms with Crippen LogP contribution in [0, 0.1) is 6.92 Å². The van der Waals surface area contributed by atoms with Gasteiger partial charge in [0.05, 0.1) is 16.1 Å². The number of thioether (sulfide) groups is 1. The predicted molar refractivity (Wildman–Crippen MR) is 177 cm³/mol. The monoisotopic (exact) mass is 646 g/mol. The fourth-order valence-electron chi connectivity index (χ4n) is 5.72. The Hall–Kier alpha value is -3.66. The van der Waals surface area contributed by atoms with E-state index >= 15 is 0 Å². The molecular weight excluding hydrogens is 615 g/mol. The molecule has 5 aromatic rings. The number of aromatic nitrogens is 4. The molecule has 1 unspecified atom stereocenters. The average molecular weight is 648 g/mol. The molecule has 0 saturated carbocycles. The highest BCUT2D eigenvalue weighted by atomic mass is 35.5. The quantitative estimate of drug-likeness (QED) is 0.135. The highest BCUT2D eigenvalue weighted by molar-refractivity contribution is 7.99. The molecule has 1 saturated heterocycles. The summed E-state index contributed by atoms with van der Waals surface area (Å²) >= 11 is 13.8. The number of fused-ring (bicyclic) bond motifs is 3. The van der Waals surface area contributed by atoms with Crippen molar-refractivity contribution in [2.45, 2.75) is 44.4 Å². The van der Waals surface area contributed by atoms with Crippen LogP contribution >= 0.6 is 35.0 Å². The minimum atomic E-state index is -0.147. The number of aryl methyl sites for hydroxylation is 1. The third-order valence-corrected chi connectivity index (χ3v) is 9.58. The summed E-state index contributed by atoms with van der Waals surface area (Å²) in [6.07, 6.45) is 1.10. The second-order valence-electron chi connectivity index (χ2n) is 11.1. The zero-order valence-corrected chi connectivity index (χ0v) is 26.9. The number of rotatable bonds is 8. The summed E-state index contributed by atoms with van der Waals surface area (Å²) in [4.78, 5) is 34.7. The number of amides is 2. The fourth-order valence-corrected chi connectivity index (χ4v) is 6.93. The molecule has 1 atom stereocenters. The normalized spacial score (nSPS) is 15.3. The van der Waals surface area contributed by atoms with Crippen molar-refractivity contribution in [3.63, 3.8) is 0 Å². The van der Waals surface area contributed by atoms with E-state index in [2.05, 4.69) is 58.1 Å². The Bertz CT molecular complexity index is 1860. The molecule has 1 fully saturated rings. The maximum Gasteiger partial charge on any atom is 0.255 e. The van der Waals surface area contributed by atoms with Gasteiger partial charge in [0.1, 0.15) is 5.52 Å². The second kappa shape index (κ2) is 13.1. The number of hydrogen-bond acceptors (Lipinski definition) is 6. The van der Waals surface area contributed by atoms with Crippen LogP contribution in [0.15, 0.2) is 71.9 Å². The van der Waals surface area contributed by atoms with E-state index in [4.69, 9.17) is 28.2 Å². The van der Waals surface area contributed by atoms with Gasteiger partial charge < -0.3 is 14.4 Å². The first-order chi connectivity index (χ1) is 21.3. The maximum atomic E-state index is 13.1. The van der Waals surface area contributed by atoms with Crippen molar-refractivity contribution in [2.24, 2.45) is 0 Å². The van der Waals surface area contributed by atoms with Crippen LogP contribution in [0.3, 0.4) is 0 Å². The molecule has 6 rings (SSSR count). The first kappa shape index (κ1) is 30.4. The predicted octanol–water partition coefficient (Wildman–Crippen LogP) is 6.89. The Labute approximate surface area is 270 Å². The first-order valence-electron chi connectivity index (χ1n) is 14.6. The van der Waals surface area contributed by atoms with Gasteiger partial charge in [-0.3, -0.25) is 9.59 Å². The molecule has 3 aromatic carbocycles. The summed E-state index contributed by atoms with van der Waals surface area (Å²) in [6.45, 7) is 6.19. The van der Waals surface area contributed by atoms with Crippen LogP contribution in [-0.4, -0.2) is 72.8 Å². The number of nitrogens with zero attached hydrogens (tertiary/aromatic N) is 6. The number of para-hydroxylation sites is 1. The van der Waals surface area contributed by atoms with Crippen LogP contribution in [0.5, 0.6) is 0 Å². The SMILES string of the molecule is Cc1ccccc1Cn1c2ccccc2c2nnc(SCCCC(=O)N3CCN(C(=O)c4ccc(Cl)cc4Cl)C(C)C3)nc21. The number of carbonyl (C=O) groups is 2. The summed E-state index contributed by atoms with van der Waals surface area (Å²) in [7, 11) is 0. The molecule has 2 aromatic heterocycles. The molecule has 0 aliphatic carbocycles. The topological polar surface area (TPSA) is 84.2 Å². The second-order valence-corrected chi connectivity index (χ2v) is 13.0. The molecule has 3 heterocycles. The summed E-state index contributed by atoms with van der Waals surface area (Å²) in [5.41, 5.74) is 5.56. The van der Waals surface area contributed by atoms with Gasteiger partial charge in [0.2, 0.25) is 11.1 Å². The average Bonchev–Trinajstić information content (AvgIpc) is 3.32. The van der Waals surface area contributed by atoms with Crippen molar-refractivity contribution in [2.75, 3.05) is 25.4 Å². The minimum Gasteiger partial charge on any atom is -0.339 e. The summed E-state index contributed by atoms with van der Waals surface area (Å²) < 4.78 is 2.21. The first-order valence-corrected chi connectivity index (χ1v) is 16.4. The Morgan fingerprint density at radius 2 is 1.80 bits per heavy atom. The molecule has 226 valence electrons. The van der Waals surface area contributed by atoms with Crippen molar-refractivity contribution < 1.29 is 9.59 Å². The van der Waals surface area contributed by atoms with Gasteiger partial charge in [0.15, 0.2) is 5.65 Å². The molecular formula is C33H32Cl2N6O2S. The number of benzene rings is 3. The summed E-state index contributed by atoms with van der Waals surface area (Å²) in [5.74, 6) is 0.633. The van der Waals surface area contributed by atoms with Gasteiger partial charge in [-0.2, -0.15) is 0 Å². The zero-order valence-electron chi connectivity index (χ0n) is 24.5. The third kappa shape index (κ3) is 6.27. The number of halogens is 2. The van der Waals surface area contributed by atoms with Gasteiger partial charge in [-0.15, -0.1) is 10.2 Å². The van der Waals surface area contributed by atoms with Gasteiger partial charge in [-0.1, -0.05) is 77.4 Å². The van der Waals surface area contributed by atoms with Crippen molar-refractivity contribution in [1.82, 2.24) is 29.5 Å². The highest BCUT2D eigenvalue weighted by Crippen LogP contribution is 2.29. The van der Waals surface area contributed by atoms with Gasteiger partial charge in [-0.25, -0.2) is 4.98 Å². The van der Waals surface area contributed by atoms with E-state index in [0.717, 1.165) is 22.1 Å². The number of piperazine rings is 1. The molecule has 11 heteroatoms. The van der Waals surface area contributed by atoms with Gasteiger partial charge >= 0.3 is 0 Å². The van der Waals surface area contributed by atoms with E-state index in [1.165, 1.54) is 22.9 Å². The van der Waals surface area contributed by atoms with Crippen LogP contribution in [-0.2, 0) is 11.3 Å².